The summed E-state index contributed by atoms with van der Waals surface area (Å²) in [6.45, 7) is 2.18. The summed E-state index contributed by atoms with van der Waals surface area (Å²) in [5.41, 5.74) is 2.81. The van der Waals surface area contributed by atoms with Crippen molar-refractivity contribution in [2.24, 2.45) is 0 Å². The monoisotopic (exact) mass is 432 g/mol. The van der Waals surface area contributed by atoms with E-state index in [-0.39, 0.29) is 17.5 Å². The molecule has 0 fully saturated rings. The number of aryl methyl sites for hydroxylation is 1. The van der Waals surface area contributed by atoms with Gasteiger partial charge >= 0.3 is 6.03 Å². The van der Waals surface area contributed by atoms with Gasteiger partial charge in [-0.15, -0.1) is 0 Å². The van der Waals surface area contributed by atoms with Crippen molar-refractivity contribution in [1.82, 2.24) is 9.21 Å². The first-order chi connectivity index (χ1) is 15.0. The molecule has 5 nitrogen and oxygen atoms in total. The van der Waals surface area contributed by atoms with Crippen molar-refractivity contribution in [2.75, 3.05) is 6.54 Å². The fourth-order valence-corrected chi connectivity index (χ4v) is 4.98. The molecule has 1 heterocycles. The Morgan fingerprint density at radius 3 is 2.13 bits per heavy atom. The molecule has 0 bridgehead atoms. The van der Waals surface area contributed by atoms with E-state index in [2.05, 4.69) is 0 Å². The van der Waals surface area contributed by atoms with E-state index in [9.17, 15) is 13.2 Å². The Morgan fingerprint density at radius 1 is 0.871 bits per heavy atom. The van der Waals surface area contributed by atoms with Crippen molar-refractivity contribution < 1.29 is 13.2 Å². The van der Waals surface area contributed by atoms with Gasteiger partial charge in [0.1, 0.15) is 0 Å². The number of urea groups is 1. The van der Waals surface area contributed by atoms with Crippen molar-refractivity contribution in [3.63, 3.8) is 0 Å². The average Bonchev–Trinajstić information content (AvgIpc) is 2.95. The van der Waals surface area contributed by atoms with Crippen LogP contribution in [0.3, 0.4) is 0 Å². The van der Waals surface area contributed by atoms with Gasteiger partial charge in [-0.25, -0.2) is 17.5 Å². The number of carbonyl (C=O) groups is 1. The van der Waals surface area contributed by atoms with E-state index in [0.717, 1.165) is 21.0 Å². The van der Waals surface area contributed by atoms with Crippen LogP contribution in [-0.4, -0.2) is 30.2 Å². The predicted molar refractivity (Wildman–Crippen MR) is 121 cm³/mol. The van der Waals surface area contributed by atoms with E-state index in [0.29, 0.717) is 6.54 Å². The Bertz CT molecular complexity index is 1170. The molecule has 1 unspecified atom stereocenters. The minimum absolute atomic E-state index is 0.0103. The van der Waals surface area contributed by atoms with Crippen molar-refractivity contribution in [1.29, 1.82) is 0 Å². The van der Waals surface area contributed by atoms with Crippen molar-refractivity contribution in [3.8, 4) is 0 Å². The van der Waals surface area contributed by atoms with Crippen LogP contribution in [0.2, 0.25) is 0 Å². The second-order valence-corrected chi connectivity index (χ2v) is 9.39. The zero-order valence-electron chi connectivity index (χ0n) is 17.3. The lowest BCUT2D eigenvalue weighted by Crippen LogP contribution is -2.45. The first kappa shape index (κ1) is 20.9. The van der Waals surface area contributed by atoms with Crippen LogP contribution in [0.25, 0.3) is 0 Å². The average molecular weight is 433 g/mol. The van der Waals surface area contributed by atoms with Crippen LogP contribution in [0.15, 0.2) is 102 Å². The number of benzene rings is 3. The number of rotatable bonds is 5. The van der Waals surface area contributed by atoms with Crippen molar-refractivity contribution in [3.05, 3.63) is 114 Å². The minimum Gasteiger partial charge on any atom is -0.309 e. The molecule has 3 aromatic carbocycles. The van der Waals surface area contributed by atoms with Gasteiger partial charge in [-0.1, -0.05) is 90.5 Å². The lowest BCUT2D eigenvalue weighted by molar-refractivity contribution is 0.168. The van der Waals surface area contributed by atoms with Crippen LogP contribution in [0.5, 0.6) is 0 Å². The highest BCUT2D eigenvalue weighted by Gasteiger charge is 2.36. The summed E-state index contributed by atoms with van der Waals surface area (Å²) >= 11 is 0. The molecule has 158 valence electrons. The Morgan fingerprint density at radius 2 is 1.48 bits per heavy atom. The summed E-state index contributed by atoms with van der Waals surface area (Å²) in [5.74, 6) is 0. The number of amides is 2. The third-order valence-corrected chi connectivity index (χ3v) is 7.08. The maximum atomic E-state index is 13.7. The van der Waals surface area contributed by atoms with Gasteiger partial charge in [0.05, 0.1) is 17.5 Å². The number of sulfonamides is 1. The molecule has 0 saturated carbocycles. The smallest absolute Gasteiger partial charge is 0.309 e. The maximum Gasteiger partial charge on any atom is 0.335 e. The minimum atomic E-state index is -3.99. The highest BCUT2D eigenvalue weighted by Crippen LogP contribution is 2.30. The molecule has 0 N–H and O–H groups in total. The zero-order valence-corrected chi connectivity index (χ0v) is 18.1. The summed E-state index contributed by atoms with van der Waals surface area (Å²) in [4.78, 5) is 15.4. The van der Waals surface area contributed by atoms with Crippen molar-refractivity contribution in [2.45, 2.75) is 24.4 Å². The molecule has 1 atom stereocenters. The molecular weight excluding hydrogens is 408 g/mol. The van der Waals surface area contributed by atoms with Gasteiger partial charge in [0.2, 0.25) is 0 Å². The van der Waals surface area contributed by atoms with Gasteiger partial charge < -0.3 is 4.90 Å². The maximum absolute atomic E-state index is 13.7. The topological polar surface area (TPSA) is 57.7 Å². The molecule has 4 rings (SSSR count). The molecule has 1 aliphatic heterocycles. The third-order valence-electron chi connectivity index (χ3n) is 5.33. The van der Waals surface area contributed by atoms with Crippen LogP contribution >= 0.6 is 0 Å². The first-order valence-corrected chi connectivity index (χ1v) is 11.6. The normalized spacial score (nSPS) is 16.9. The molecule has 1 aliphatic rings. The van der Waals surface area contributed by atoms with Gasteiger partial charge in [-0.3, -0.25) is 0 Å². The first-order valence-electron chi connectivity index (χ1n) is 10.1. The lowest BCUT2D eigenvalue weighted by atomic mass is 10.0. The third kappa shape index (κ3) is 4.39. The summed E-state index contributed by atoms with van der Waals surface area (Å²) < 4.78 is 27.7. The molecule has 2 amide bonds. The second-order valence-electron chi connectivity index (χ2n) is 7.53. The molecule has 3 aromatic rings. The summed E-state index contributed by atoms with van der Waals surface area (Å²) in [6.07, 6.45) is 3.66. The standard InChI is InChI=1S/C25H24N2O3S/c1-20-14-16-23(17-15-20)31(29,30)27-18-8-13-24(22-11-6-3-7-12-22)26(25(27)28)19-21-9-4-2-5-10-21/h2-17,24H,18-19H2,1H3. The van der Waals surface area contributed by atoms with Crippen LogP contribution in [-0.2, 0) is 16.6 Å². The Kier molecular flexibility index (Phi) is 5.91. The molecule has 0 aromatic heterocycles. The highest BCUT2D eigenvalue weighted by molar-refractivity contribution is 7.89. The molecule has 0 saturated heterocycles. The molecule has 0 radical (unpaired) electrons. The van der Waals surface area contributed by atoms with E-state index in [1.165, 1.54) is 0 Å². The largest absolute Gasteiger partial charge is 0.335 e. The fraction of sp³-hybridized carbons (Fsp3) is 0.160. The zero-order chi connectivity index (χ0) is 21.8. The van der Waals surface area contributed by atoms with Gasteiger partial charge in [-0.2, -0.15) is 0 Å². The summed E-state index contributed by atoms with van der Waals surface area (Å²) in [6, 6.07) is 24.9. The Labute approximate surface area is 183 Å². The van der Waals surface area contributed by atoms with Crippen LogP contribution < -0.4 is 0 Å². The molecule has 0 spiro atoms. The second kappa shape index (κ2) is 8.78. The number of carbonyl (C=O) groups excluding carboxylic acids is 1. The Hall–Kier alpha value is -3.38. The van der Waals surface area contributed by atoms with E-state index in [1.54, 1.807) is 35.2 Å². The molecule has 31 heavy (non-hydrogen) atoms. The van der Waals surface area contributed by atoms with Gasteiger partial charge in [0.15, 0.2) is 0 Å². The van der Waals surface area contributed by atoms with Gasteiger partial charge in [0, 0.05) is 6.54 Å². The molecule has 0 aliphatic carbocycles. The quantitative estimate of drug-likeness (QED) is 0.538. The van der Waals surface area contributed by atoms with Crippen molar-refractivity contribution >= 4 is 16.1 Å². The van der Waals surface area contributed by atoms with E-state index in [1.807, 2.05) is 73.7 Å². The fourth-order valence-electron chi connectivity index (χ4n) is 3.66. The van der Waals surface area contributed by atoms with Crippen LogP contribution in [0.4, 0.5) is 4.79 Å². The van der Waals surface area contributed by atoms with E-state index < -0.39 is 16.1 Å². The summed E-state index contributed by atoms with van der Waals surface area (Å²) in [5, 5.41) is 0. The van der Waals surface area contributed by atoms with Gasteiger partial charge in [-0.05, 0) is 30.2 Å². The number of hydrogen-bond donors (Lipinski definition) is 0. The highest BCUT2D eigenvalue weighted by atomic mass is 32.2. The molecular formula is C25H24N2O3S. The van der Waals surface area contributed by atoms with E-state index in [4.69, 9.17) is 0 Å². The van der Waals surface area contributed by atoms with E-state index >= 15 is 0 Å². The number of hydrogen-bond acceptors (Lipinski definition) is 3. The summed E-state index contributed by atoms with van der Waals surface area (Å²) in [7, 11) is -3.99. The molecule has 6 heteroatoms. The van der Waals surface area contributed by atoms with Crippen LogP contribution in [0, 0.1) is 6.92 Å². The van der Waals surface area contributed by atoms with Crippen LogP contribution in [0.1, 0.15) is 22.7 Å². The Balaban J connectivity index is 1.75. The predicted octanol–water partition coefficient (Wildman–Crippen LogP) is 4.92. The van der Waals surface area contributed by atoms with Gasteiger partial charge in [0.25, 0.3) is 10.0 Å². The lowest BCUT2D eigenvalue weighted by Gasteiger charge is -2.32. The SMILES string of the molecule is Cc1ccc(S(=O)(=O)N2CC=CC(c3ccccc3)N(Cc3ccccc3)C2=O)cc1. The number of nitrogens with zero attached hydrogens (tertiary/aromatic N) is 2.